The van der Waals surface area contributed by atoms with Gasteiger partial charge in [0.2, 0.25) is 0 Å². The topological polar surface area (TPSA) is 49.9 Å². The van der Waals surface area contributed by atoms with Gasteiger partial charge >= 0.3 is 0 Å². The highest BCUT2D eigenvalue weighted by Gasteiger charge is 2.00. The number of nitrogens with zero attached hydrogens (tertiary/aromatic N) is 1. The first-order valence-electron chi connectivity index (χ1n) is 6.12. The van der Waals surface area contributed by atoms with E-state index in [1.807, 2.05) is 19.1 Å². The number of benzene rings is 1. The number of rotatable bonds is 6. The van der Waals surface area contributed by atoms with E-state index in [9.17, 15) is 0 Å². The third-order valence-electron chi connectivity index (χ3n) is 2.95. The summed E-state index contributed by atoms with van der Waals surface area (Å²) in [5, 5.41) is 3.39. The van der Waals surface area contributed by atoms with Gasteiger partial charge < -0.3 is 15.0 Å². The SMILES string of the molecule is COc1cccc(CCNCc2nc[nH]c2C)c1. The molecule has 0 aliphatic carbocycles. The zero-order chi connectivity index (χ0) is 12.8. The fourth-order valence-corrected chi connectivity index (χ4v) is 1.83. The molecule has 1 heterocycles. The lowest BCUT2D eigenvalue weighted by Gasteiger charge is -2.06. The number of hydrogen-bond donors (Lipinski definition) is 2. The standard InChI is InChI=1S/C14H19N3O/c1-11-14(17-10-16-11)9-15-7-6-12-4-3-5-13(8-12)18-2/h3-5,8,10,15H,6-7,9H2,1-2H3,(H,16,17). The maximum absolute atomic E-state index is 5.20. The first kappa shape index (κ1) is 12.6. The van der Waals surface area contributed by atoms with E-state index in [4.69, 9.17) is 4.74 Å². The summed E-state index contributed by atoms with van der Waals surface area (Å²) >= 11 is 0. The molecule has 1 aromatic carbocycles. The highest BCUT2D eigenvalue weighted by molar-refractivity contribution is 5.28. The molecule has 0 amide bonds. The van der Waals surface area contributed by atoms with Crippen LogP contribution in [0.5, 0.6) is 5.75 Å². The largest absolute Gasteiger partial charge is 0.497 e. The van der Waals surface area contributed by atoms with Gasteiger partial charge in [-0.25, -0.2) is 4.98 Å². The minimum atomic E-state index is 0.805. The summed E-state index contributed by atoms with van der Waals surface area (Å²) in [6.07, 6.45) is 2.72. The summed E-state index contributed by atoms with van der Waals surface area (Å²) in [5.41, 5.74) is 3.49. The van der Waals surface area contributed by atoms with Crippen molar-refractivity contribution in [3.8, 4) is 5.75 Å². The lowest BCUT2D eigenvalue weighted by Crippen LogP contribution is -2.17. The molecule has 0 bridgehead atoms. The Balaban J connectivity index is 1.76. The predicted octanol–water partition coefficient (Wildman–Crippen LogP) is 2.06. The Hall–Kier alpha value is -1.81. The molecule has 0 aliphatic rings. The van der Waals surface area contributed by atoms with Crippen LogP contribution in [0.2, 0.25) is 0 Å². The lowest BCUT2D eigenvalue weighted by molar-refractivity contribution is 0.414. The van der Waals surface area contributed by atoms with Gasteiger partial charge in [-0.05, 0) is 37.6 Å². The zero-order valence-electron chi connectivity index (χ0n) is 10.9. The molecule has 96 valence electrons. The Kier molecular flexibility index (Phi) is 4.36. The monoisotopic (exact) mass is 245 g/mol. The van der Waals surface area contributed by atoms with E-state index in [-0.39, 0.29) is 0 Å². The third-order valence-corrected chi connectivity index (χ3v) is 2.95. The van der Waals surface area contributed by atoms with Gasteiger partial charge in [0.15, 0.2) is 0 Å². The van der Waals surface area contributed by atoms with Crippen molar-refractivity contribution in [2.75, 3.05) is 13.7 Å². The van der Waals surface area contributed by atoms with Crippen molar-refractivity contribution in [3.05, 3.63) is 47.5 Å². The zero-order valence-corrected chi connectivity index (χ0v) is 10.9. The number of aryl methyl sites for hydroxylation is 1. The molecule has 0 radical (unpaired) electrons. The van der Waals surface area contributed by atoms with Gasteiger partial charge in [-0.3, -0.25) is 0 Å². The van der Waals surface area contributed by atoms with Gasteiger partial charge in [0, 0.05) is 12.2 Å². The minimum Gasteiger partial charge on any atom is -0.497 e. The summed E-state index contributed by atoms with van der Waals surface area (Å²) in [6.45, 7) is 3.77. The molecule has 0 unspecified atom stereocenters. The summed E-state index contributed by atoms with van der Waals surface area (Å²) in [5.74, 6) is 0.913. The van der Waals surface area contributed by atoms with E-state index in [0.29, 0.717) is 0 Å². The van der Waals surface area contributed by atoms with E-state index in [0.717, 1.165) is 36.6 Å². The number of imidazole rings is 1. The predicted molar refractivity (Wildman–Crippen MR) is 71.7 cm³/mol. The Morgan fingerprint density at radius 2 is 2.28 bits per heavy atom. The van der Waals surface area contributed by atoms with Crippen molar-refractivity contribution in [2.45, 2.75) is 19.9 Å². The lowest BCUT2D eigenvalue weighted by atomic mass is 10.1. The first-order valence-corrected chi connectivity index (χ1v) is 6.12. The molecular weight excluding hydrogens is 226 g/mol. The van der Waals surface area contributed by atoms with Crippen LogP contribution in [-0.4, -0.2) is 23.6 Å². The summed E-state index contributed by atoms with van der Waals surface area (Å²) < 4.78 is 5.20. The minimum absolute atomic E-state index is 0.805. The molecule has 2 rings (SSSR count). The van der Waals surface area contributed by atoms with Crippen molar-refractivity contribution in [1.82, 2.24) is 15.3 Å². The maximum atomic E-state index is 5.20. The molecule has 2 N–H and O–H groups in total. The smallest absolute Gasteiger partial charge is 0.119 e. The number of aromatic amines is 1. The van der Waals surface area contributed by atoms with Crippen molar-refractivity contribution in [3.63, 3.8) is 0 Å². The average Bonchev–Trinajstić information content (AvgIpc) is 2.81. The van der Waals surface area contributed by atoms with Gasteiger partial charge in [-0.1, -0.05) is 12.1 Å². The quantitative estimate of drug-likeness (QED) is 0.766. The van der Waals surface area contributed by atoms with E-state index in [1.165, 1.54) is 5.56 Å². The summed E-state index contributed by atoms with van der Waals surface area (Å²) in [7, 11) is 1.69. The van der Waals surface area contributed by atoms with Gasteiger partial charge in [-0.15, -0.1) is 0 Å². The van der Waals surface area contributed by atoms with Crippen LogP contribution < -0.4 is 10.1 Å². The number of H-pyrrole nitrogens is 1. The molecule has 4 heteroatoms. The maximum Gasteiger partial charge on any atom is 0.119 e. The van der Waals surface area contributed by atoms with Crippen molar-refractivity contribution in [2.24, 2.45) is 0 Å². The van der Waals surface area contributed by atoms with E-state index < -0.39 is 0 Å². The van der Waals surface area contributed by atoms with Gasteiger partial charge in [0.25, 0.3) is 0 Å². The Bertz CT molecular complexity index is 493. The first-order chi connectivity index (χ1) is 8.79. The number of nitrogens with one attached hydrogen (secondary N) is 2. The molecule has 18 heavy (non-hydrogen) atoms. The van der Waals surface area contributed by atoms with Crippen molar-refractivity contribution in [1.29, 1.82) is 0 Å². The number of ether oxygens (including phenoxy) is 1. The molecule has 0 atom stereocenters. The molecule has 0 aliphatic heterocycles. The van der Waals surface area contributed by atoms with Crippen LogP contribution in [0.1, 0.15) is 17.0 Å². The van der Waals surface area contributed by atoms with Gasteiger partial charge in [0.05, 0.1) is 19.1 Å². The Labute approximate surface area is 107 Å². The molecule has 4 nitrogen and oxygen atoms in total. The molecule has 1 aromatic heterocycles. The Morgan fingerprint density at radius 1 is 1.39 bits per heavy atom. The normalized spacial score (nSPS) is 10.6. The van der Waals surface area contributed by atoms with E-state index in [1.54, 1.807) is 13.4 Å². The van der Waals surface area contributed by atoms with Crippen LogP contribution in [0.3, 0.4) is 0 Å². The van der Waals surface area contributed by atoms with E-state index in [2.05, 4.69) is 27.4 Å². The van der Waals surface area contributed by atoms with Crippen LogP contribution in [0.4, 0.5) is 0 Å². The molecule has 0 fully saturated rings. The van der Waals surface area contributed by atoms with Crippen molar-refractivity contribution >= 4 is 0 Å². The van der Waals surface area contributed by atoms with Crippen LogP contribution in [-0.2, 0) is 13.0 Å². The fraction of sp³-hybridized carbons (Fsp3) is 0.357. The van der Waals surface area contributed by atoms with Crippen LogP contribution >= 0.6 is 0 Å². The molecular formula is C14H19N3O. The molecule has 0 saturated heterocycles. The van der Waals surface area contributed by atoms with Gasteiger partial charge in [0.1, 0.15) is 5.75 Å². The summed E-state index contributed by atoms with van der Waals surface area (Å²) in [4.78, 5) is 7.32. The second kappa shape index (κ2) is 6.21. The fourth-order valence-electron chi connectivity index (χ4n) is 1.83. The number of hydrogen-bond acceptors (Lipinski definition) is 3. The van der Waals surface area contributed by atoms with E-state index >= 15 is 0 Å². The van der Waals surface area contributed by atoms with Crippen molar-refractivity contribution < 1.29 is 4.74 Å². The average molecular weight is 245 g/mol. The van der Waals surface area contributed by atoms with Crippen LogP contribution in [0.25, 0.3) is 0 Å². The summed E-state index contributed by atoms with van der Waals surface area (Å²) in [6, 6.07) is 8.17. The highest BCUT2D eigenvalue weighted by Crippen LogP contribution is 2.12. The van der Waals surface area contributed by atoms with Gasteiger partial charge in [-0.2, -0.15) is 0 Å². The molecule has 2 aromatic rings. The number of methoxy groups -OCH3 is 1. The number of aromatic nitrogens is 2. The highest BCUT2D eigenvalue weighted by atomic mass is 16.5. The molecule has 0 spiro atoms. The van der Waals surface area contributed by atoms with Crippen LogP contribution in [0, 0.1) is 6.92 Å². The Morgan fingerprint density at radius 3 is 3.00 bits per heavy atom. The molecule has 0 saturated carbocycles. The third kappa shape index (κ3) is 3.34. The second-order valence-corrected chi connectivity index (χ2v) is 4.25. The second-order valence-electron chi connectivity index (χ2n) is 4.25. The van der Waals surface area contributed by atoms with Crippen LogP contribution in [0.15, 0.2) is 30.6 Å².